The summed E-state index contributed by atoms with van der Waals surface area (Å²) < 4.78 is 16.4. The summed E-state index contributed by atoms with van der Waals surface area (Å²) in [4.78, 5) is 18.9. The van der Waals surface area contributed by atoms with Gasteiger partial charge in [0.1, 0.15) is 13.2 Å². The molecule has 2 aliphatic heterocycles. The first-order chi connectivity index (χ1) is 12.2. The third kappa shape index (κ3) is 3.45. The van der Waals surface area contributed by atoms with Crippen LogP contribution in [0.1, 0.15) is 36.0 Å². The topological polar surface area (TPSA) is 77.7 Å². The number of hydrogen-bond acceptors (Lipinski definition) is 6. The van der Waals surface area contributed by atoms with Crippen LogP contribution >= 0.6 is 0 Å². The summed E-state index contributed by atoms with van der Waals surface area (Å²) >= 11 is 0. The predicted octanol–water partition coefficient (Wildman–Crippen LogP) is 2.10. The molecule has 1 aromatic carbocycles. The summed E-state index contributed by atoms with van der Waals surface area (Å²) in [6.07, 6.45) is 2.26. The molecule has 1 atom stereocenters. The van der Waals surface area contributed by atoms with Gasteiger partial charge in [-0.3, -0.25) is 4.79 Å². The Morgan fingerprint density at radius 3 is 2.92 bits per heavy atom. The number of nitrogens with zero attached hydrogens (tertiary/aromatic N) is 3. The molecule has 132 valence electrons. The summed E-state index contributed by atoms with van der Waals surface area (Å²) in [6.45, 7) is 4.32. The molecule has 0 aliphatic carbocycles. The lowest BCUT2D eigenvalue weighted by Crippen LogP contribution is -2.40. The molecule has 0 radical (unpaired) electrons. The van der Waals surface area contributed by atoms with Crippen LogP contribution in [0, 0.1) is 6.92 Å². The fourth-order valence-electron chi connectivity index (χ4n) is 3.37. The molecule has 1 saturated heterocycles. The molecule has 25 heavy (non-hydrogen) atoms. The molecule has 0 N–H and O–H groups in total. The number of hydrogen-bond donors (Lipinski definition) is 0. The number of carbonyl (C=O) groups is 1. The number of fused-ring (bicyclic) bond motifs is 1. The highest BCUT2D eigenvalue weighted by Crippen LogP contribution is 2.31. The van der Waals surface area contributed by atoms with E-state index in [-0.39, 0.29) is 11.8 Å². The Morgan fingerprint density at radius 2 is 2.12 bits per heavy atom. The third-order valence-corrected chi connectivity index (χ3v) is 4.63. The van der Waals surface area contributed by atoms with E-state index in [1.807, 2.05) is 23.1 Å². The molecular weight excluding hydrogens is 322 g/mol. The van der Waals surface area contributed by atoms with Crippen LogP contribution in [0.2, 0.25) is 0 Å². The maximum absolute atomic E-state index is 12.7. The number of aryl methyl sites for hydroxylation is 1. The van der Waals surface area contributed by atoms with Gasteiger partial charge < -0.3 is 18.9 Å². The van der Waals surface area contributed by atoms with Crippen LogP contribution in [0.15, 0.2) is 22.7 Å². The van der Waals surface area contributed by atoms with Crippen molar-refractivity contribution in [2.75, 3.05) is 26.3 Å². The van der Waals surface area contributed by atoms with E-state index in [9.17, 15) is 4.79 Å². The van der Waals surface area contributed by atoms with Crippen molar-refractivity contribution in [2.24, 2.45) is 0 Å². The zero-order chi connectivity index (χ0) is 17.2. The van der Waals surface area contributed by atoms with E-state index in [0.717, 1.165) is 36.4 Å². The highest BCUT2D eigenvalue weighted by atomic mass is 16.6. The molecule has 3 heterocycles. The van der Waals surface area contributed by atoms with Gasteiger partial charge in [-0.1, -0.05) is 11.2 Å². The number of aromatic nitrogens is 2. The zero-order valence-electron chi connectivity index (χ0n) is 14.2. The second kappa shape index (κ2) is 6.74. The maximum Gasteiger partial charge on any atom is 0.231 e. The zero-order valence-corrected chi connectivity index (χ0v) is 14.2. The van der Waals surface area contributed by atoms with Crippen LogP contribution in [0.4, 0.5) is 0 Å². The first-order valence-electron chi connectivity index (χ1n) is 8.65. The van der Waals surface area contributed by atoms with Gasteiger partial charge in [-0.25, -0.2) is 0 Å². The van der Waals surface area contributed by atoms with E-state index in [4.69, 9.17) is 14.0 Å². The third-order valence-electron chi connectivity index (χ3n) is 4.63. The summed E-state index contributed by atoms with van der Waals surface area (Å²) in [5, 5.41) is 3.86. The molecular formula is C18H21N3O4. The number of carbonyl (C=O) groups excluding carboxylic acids is 1. The van der Waals surface area contributed by atoms with Crippen molar-refractivity contribution in [3.63, 3.8) is 0 Å². The van der Waals surface area contributed by atoms with Crippen molar-refractivity contribution in [2.45, 2.75) is 32.1 Å². The second-order valence-corrected chi connectivity index (χ2v) is 6.51. The van der Waals surface area contributed by atoms with Crippen molar-refractivity contribution in [3.05, 3.63) is 35.5 Å². The van der Waals surface area contributed by atoms with Crippen LogP contribution in [-0.4, -0.2) is 47.3 Å². The first kappa shape index (κ1) is 15.9. The van der Waals surface area contributed by atoms with Gasteiger partial charge >= 0.3 is 0 Å². The highest BCUT2D eigenvalue weighted by Gasteiger charge is 2.28. The minimum atomic E-state index is 0.109. The second-order valence-electron chi connectivity index (χ2n) is 6.51. The van der Waals surface area contributed by atoms with Crippen molar-refractivity contribution in [1.29, 1.82) is 0 Å². The lowest BCUT2D eigenvalue weighted by atomic mass is 9.97. The summed E-state index contributed by atoms with van der Waals surface area (Å²) in [6, 6.07) is 5.70. The van der Waals surface area contributed by atoms with Crippen molar-refractivity contribution in [3.8, 4) is 11.5 Å². The lowest BCUT2D eigenvalue weighted by molar-refractivity contribution is -0.131. The van der Waals surface area contributed by atoms with E-state index in [0.29, 0.717) is 37.9 Å². The van der Waals surface area contributed by atoms with Crippen LogP contribution < -0.4 is 9.47 Å². The number of ether oxygens (including phenoxy) is 2. The minimum absolute atomic E-state index is 0.109. The Kier molecular flexibility index (Phi) is 4.29. The molecule has 1 fully saturated rings. The van der Waals surface area contributed by atoms with Gasteiger partial charge in [0.15, 0.2) is 17.3 Å². The summed E-state index contributed by atoms with van der Waals surface area (Å²) in [5.74, 6) is 2.96. The van der Waals surface area contributed by atoms with Crippen LogP contribution in [-0.2, 0) is 11.2 Å². The Bertz CT molecular complexity index is 773. The average molecular weight is 343 g/mol. The fourth-order valence-corrected chi connectivity index (χ4v) is 3.37. The Morgan fingerprint density at radius 1 is 1.28 bits per heavy atom. The monoisotopic (exact) mass is 343 g/mol. The number of benzene rings is 1. The molecule has 0 bridgehead atoms. The predicted molar refractivity (Wildman–Crippen MR) is 88.7 cm³/mol. The Balaban J connectivity index is 1.42. The van der Waals surface area contributed by atoms with E-state index in [1.165, 1.54) is 0 Å². The first-order valence-corrected chi connectivity index (χ1v) is 8.65. The molecule has 0 unspecified atom stereocenters. The van der Waals surface area contributed by atoms with E-state index < -0.39 is 0 Å². The molecule has 7 heteroatoms. The quantitative estimate of drug-likeness (QED) is 0.849. The van der Waals surface area contributed by atoms with Crippen LogP contribution in [0.5, 0.6) is 11.5 Å². The Hall–Kier alpha value is -2.57. The average Bonchev–Trinajstić information content (AvgIpc) is 3.08. The van der Waals surface area contributed by atoms with Gasteiger partial charge in [0.2, 0.25) is 11.8 Å². The van der Waals surface area contributed by atoms with Gasteiger partial charge in [-0.2, -0.15) is 4.98 Å². The molecule has 0 saturated carbocycles. The number of likely N-dealkylation sites (tertiary alicyclic amines) is 1. The van der Waals surface area contributed by atoms with Gasteiger partial charge in [0.25, 0.3) is 0 Å². The maximum atomic E-state index is 12.7. The smallest absolute Gasteiger partial charge is 0.231 e. The Labute approximate surface area is 145 Å². The van der Waals surface area contributed by atoms with Crippen molar-refractivity contribution in [1.82, 2.24) is 15.0 Å². The van der Waals surface area contributed by atoms with E-state index >= 15 is 0 Å². The number of amides is 1. The van der Waals surface area contributed by atoms with Crippen LogP contribution in [0.3, 0.4) is 0 Å². The van der Waals surface area contributed by atoms with E-state index in [2.05, 4.69) is 10.1 Å². The normalized spacial score (nSPS) is 19.7. The molecule has 2 aromatic rings. The molecule has 0 spiro atoms. The van der Waals surface area contributed by atoms with E-state index in [1.54, 1.807) is 6.92 Å². The fraction of sp³-hybridized carbons (Fsp3) is 0.500. The molecule has 2 aliphatic rings. The van der Waals surface area contributed by atoms with Gasteiger partial charge in [0, 0.05) is 13.1 Å². The van der Waals surface area contributed by atoms with Gasteiger partial charge in [0.05, 0.1) is 12.3 Å². The standard InChI is InChI=1S/C18H21N3O4/c1-12-19-18(25-20-12)14-3-2-6-21(11-14)17(22)10-13-4-5-15-16(9-13)24-8-7-23-15/h4-5,9,14H,2-3,6-8,10-11H2,1H3/t14-/m1/s1. The number of piperidine rings is 1. The summed E-state index contributed by atoms with van der Waals surface area (Å²) in [5.41, 5.74) is 0.935. The number of rotatable bonds is 3. The molecule has 1 amide bonds. The molecule has 7 nitrogen and oxygen atoms in total. The largest absolute Gasteiger partial charge is 0.486 e. The van der Waals surface area contributed by atoms with Gasteiger partial charge in [-0.15, -0.1) is 0 Å². The SMILES string of the molecule is Cc1noc([C@@H]2CCCN(C(=O)Cc3ccc4c(c3)OCCO4)C2)n1. The van der Waals surface area contributed by atoms with Crippen molar-refractivity contribution < 1.29 is 18.8 Å². The van der Waals surface area contributed by atoms with Gasteiger partial charge in [-0.05, 0) is 37.5 Å². The molecule has 4 rings (SSSR count). The molecule has 1 aromatic heterocycles. The van der Waals surface area contributed by atoms with Crippen LogP contribution in [0.25, 0.3) is 0 Å². The van der Waals surface area contributed by atoms with Crippen molar-refractivity contribution >= 4 is 5.91 Å². The summed E-state index contributed by atoms with van der Waals surface area (Å²) in [7, 11) is 0. The lowest BCUT2D eigenvalue weighted by Gasteiger charge is -2.31. The highest BCUT2D eigenvalue weighted by molar-refractivity contribution is 5.79. The minimum Gasteiger partial charge on any atom is -0.486 e.